The molecule has 0 radical (unpaired) electrons. The zero-order valence-electron chi connectivity index (χ0n) is 13.0. The molecule has 0 saturated carbocycles. The van der Waals surface area contributed by atoms with Crippen LogP contribution >= 0.6 is 0 Å². The topological polar surface area (TPSA) is 120 Å². The molecule has 0 aliphatic carbocycles. The van der Waals surface area contributed by atoms with Crippen molar-refractivity contribution in [3.05, 3.63) is 53.7 Å². The Balaban J connectivity index is 1.73. The summed E-state index contributed by atoms with van der Waals surface area (Å²) in [5.41, 5.74) is 3.66. The summed E-state index contributed by atoms with van der Waals surface area (Å²) >= 11 is 0. The monoisotopic (exact) mass is 364 g/mol. The zero-order valence-corrected chi connectivity index (χ0v) is 13.0. The predicted octanol–water partition coefficient (Wildman–Crippen LogP) is 2.06. The zero-order chi connectivity index (χ0) is 18.7. The van der Waals surface area contributed by atoms with Crippen LogP contribution in [-0.4, -0.2) is 26.1 Å². The normalized spacial score (nSPS) is 11.3. The summed E-state index contributed by atoms with van der Waals surface area (Å²) in [6.45, 7) is -0.264. The standard InChI is InChI=1S/C15H11F3N6O2/c16-15(17,18)11-9(6-21-14(19)22-11)12(25)20-7-10-23-24-13(26-10)8-4-2-1-3-5-8/h1-6H,7H2,(H,20,25)(H2,19,21,22). The van der Waals surface area contributed by atoms with Crippen molar-refractivity contribution in [1.29, 1.82) is 0 Å². The van der Waals surface area contributed by atoms with Crippen molar-refractivity contribution in [3.8, 4) is 11.5 Å². The smallest absolute Gasteiger partial charge is 0.419 e. The van der Waals surface area contributed by atoms with E-state index >= 15 is 0 Å². The largest absolute Gasteiger partial charge is 0.434 e. The van der Waals surface area contributed by atoms with E-state index in [9.17, 15) is 18.0 Å². The van der Waals surface area contributed by atoms with Crippen LogP contribution in [0.1, 0.15) is 21.9 Å². The lowest BCUT2D eigenvalue weighted by atomic mass is 10.2. The van der Waals surface area contributed by atoms with Crippen LogP contribution in [0.15, 0.2) is 40.9 Å². The van der Waals surface area contributed by atoms with Gasteiger partial charge in [-0.3, -0.25) is 4.79 Å². The molecule has 0 bridgehead atoms. The Bertz CT molecular complexity index is 927. The van der Waals surface area contributed by atoms with Crippen LogP contribution < -0.4 is 11.1 Å². The van der Waals surface area contributed by atoms with Gasteiger partial charge >= 0.3 is 6.18 Å². The van der Waals surface area contributed by atoms with Crippen LogP contribution in [0.5, 0.6) is 0 Å². The Hall–Kier alpha value is -3.50. The number of hydrogen-bond donors (Lipinski definition) is 2. The number of rotatable bonds is 4. The van der Waals surface area contributed by atoms with Crippen LogP contribution in [0.2, 0.25) is 0 Å². The van der Waals surface area contributed by atoms with Gasteiger partial charge in [-0.05, 0) is 12.1 Å². The van der Waals surface area contributed by atoms with Gasteiger partial charge in [-0.2, -0.15) is 13.2 Å². The first-order valence-corrected chi connectivity index (χ1v) is 7.20. The molecule has 3 aromatic rings. The maximum atomic E-state index is 13.0. The molecule has 3 N–H and O–H groups in total. The van der Waals surface area contributed by atoms with E-state index in [1.54, 1.807) is 24.3 Å². The second-order valence-corrected chi connectivity index (χ2v) is 5.04. The first kappa shape index (κ1) is 17.3. The fraction of sp³-hybridized carbons (Fsp3) is 0.133. The number of benzene rings is 1. The molecular formula is C15H11F3N6O2. The number of alkyl halides is 3. The SMILES string of the molecule is Nc1ncc(C(=O)NCc2nnc(-c3ccccc3)o2)c(C(F)(F)F)n1. The first-order chi connectivity index (χ1) is 12.3. The Labute approximate surface area is 144 Å². The van der Waals surface area contributed by atoms with E-state index in [1.165, 1.54) is 0 Å². The number of halogens is 3. The molecule has 0 aliphatic heterocycles. The highest BCUT2D eigenvalue weighted by molar-refractivity contribution is 5.95. The van der Waals surface area contributed by atoms with Crippen molar-refractivity contribution in [2.24, 2.45) is 0 Å². The Morgan fingerprint density at radius 3 is 2.62 bits per heavy atom. The summed E-state index contributed by atoms with van der Waals surface area (Å²) in [5, 5.41) is 9.81. The summed E-state index contributed by atoms with van der Waals surface area (Å²) in [7, 11) is 0. The van der Waals surface area contributed by atoms with Crippen molar-refractivity contribution in [2.45, 2.75) is 12.7 Å². The summed E-state index contributed by atoms with van der Waals surface area (Å²) in [6, 6.07) is 8.86. The summed E-state index contributed by atoms with van der Waals surface area (Å²) in [6.07, 6.45) is -4.14. The minimum atomic E-state index is -4.85. The number of anilines is 1. The lowest BCUT2D eigenvalue weighted by molar-refractivity contribution is -0.141. The van der Waals surface area contributed by atoms with Gasteiger partial charge in [0.25, 0.3) is 5.91 Å². The summed E-state index contributed by atoms with van der Waals surface area (Å²) in [4.78, 5) is 18.6. The number of carbonyl (C=O) groups is 1. The number of nitrogens with zero attached hydrogens (tertiary/aromatic N) is 4. The van der Waals surface area contributed by atoms with Crippen LogP contribution in [-0.2, 0) is 12.7 Å². The molecule has 2 aromatic heterocycles. The molecule has 134 valence electrons. The van der Waals surface area contributed by atoms with E-state index < -0.39 is 29.3 Å². The molecule has 1 aromatic carbocycles. The van der Waals surface area contributed by atoms with Crippen LogP contribution in [0.25, 0.3) is 11.5 Å². The molecule has 8 nitrogen and oxygen atoms in total. The molecule has 3 rings (SSSR count). The molecule has 1 amide bonds. The van der Waals surface area contributed by atoms with Gasteiger partial charge in [-0.15, -0.1) is 10.2 Å². The van der Waals surface area contributed by atoms with Crippen molar-refractivity contribution < 1.29 is 22.4 Å². The molecule has 0 spiro atoms. The van der Waals surface area contributed by atoms with Crippen LogP contribution in [0.4, 0.5) is 19.1 Å². The highest BCUT2D eigenvalue weighted by Gasteiger charge is 2.38. The lowest BCUT2D eigenvalue weighted by Gasteiger charge is -2.11. The predicted molar refractivity (Wildman–Crippen MR) is 82.4 cm³/mol. The quantitative estimate of drug-likeness (QED) is 0.727. The van der Waals surface area contributed by atoms with Crippen molar-refractivity contribution in [1.82, 2.24) is 25.5 Å². The van der Waals surface area contributed by atoms with Gasteiger partial charge in [0.2, 0.25) is 17.7 Å². The summed E-state index contributed by atoms with van der Waals surface area (Å²) < 4.78 is 44.3. The third-order valence-electron chi connectivity index (χ3n) is 3.21. The van der Waals surface area contributed by atoms with Crippen molar-refractivity contribution in [2.75, 3.05) is 5.73 Å². The second-order valence-electron chi connectivity index (χ2n) is 5.04. The molecular weight excluding hydrogens is 353 g/mol. The number of nitrogens with two attached hydrogens (primary N) is 1. The van der Waals surface area contributed by atoms with Crippen molar-refractivity contribution in [3.63, 3.8) is 0 Å². The van der Waals surface area contributed by atoms with Crippen LogP contribution in [0, 0.1) is 0 Å². The number of nitrogen functional groups attached to an aromatic ring is 1. The van der Waals surface area contributed by atoms with Gasteiger partial charge in [0.05, 0.1) is 12.1 Å². The van der Waals surface area contributed by atoms with E-state index in [-0.39, 0.29) is 18.3 Å². The van der Waals surface area contributed by atoms with Gasteiger partial charge in [-0.1, -0.05) is 18.2 Å². The molecule has 26 heavy (non-hydrogen) atoms. The number of aromatic nitrogens is 4. The van der Waals surface area contributed by atoms with E-state index in [0.29, 0.717) is 11.8 Å². The van der Waals surface area contributed by atoms with E-state index in [4.69, 9.17) is 10.2 Å². The Kier molecular flexibility index (Phi) is 4.52. The maximum Gasteiger partial charge on any atom is 0.434 e. The molecule has 0 aliphatic rings. The van der Waals surface area contributed by atoms with Crippen LogP contribution in [0.3, 0.4) is 0 Å². The third kappa shape index (κ3) is 3.77. The number of amides is 1. The number of carbonyl (C=O) groups excluding carboxylic acids is 1. The minimum Gasteiger partial charge on any atom is -0.419 e. The summed E-state index contributed by atoms with van der Waals surface area (Å²) in [5.74, 6) is -1.38. The van der Waals surface area contributed by atoms with Gasteiger partial charge in [-0.25, -0.2) is 9.97 Å². The second kappa shape index (κ2) is 6.78. The average Bonchev–Trinajstić information content (AvgIpc) is 3.08. The molecule has 11 heteroatoms. The van der Waals surface area contributed by atoms with E-state index in [2.05, 4.69) is 25.5 Å². The maximum absolute atomic E-state index is 13.0. The van der Waals surface area contributed by atoms with Gasteiger partial charge < -0.3 is 15.5 Å². The van der Waals surface area contributed by atoms with Gasteiger partial charge in [0.15, 0.2) is 5.69 Å². The van der Waals surface area contributed by atoms with Gasteiger partial charge in [0, 0.05) is 11.8 Å². The third-order valence-corrected chi connectivity index (χ3v) is 3.21. The highest BCUT2D eigenvalue weighted by Crippen LogP contribution is 2.30. The fourth-order valence-corrected chi connectivity index (χ4v) is 2.05. The molecule has 2 heterocycles. The minimum absolute atomic E-state index is 0.0297. The highest BCUT2D eigenvalue weighted by atomic mass is 19.4. The molecule has 0 atom stereocenters. The fourth-order valence-electron chi connectivity index (χ4n) is 2.05. The van der Waals surface area contributed by atoms with Crippen molar-refractivity contribution >= 4 is 11.9 Å². The Morgan fingerprint density at radius 1 is 1.19 bits per heavy atom. The van der Waals surface area contributed by atoms with E-state index in [1.807, 2.05) is 6.07 Å². The molecule has 0 unspecified atom stereocenters. The molecule has 0 fully saturated rings. The van der Waals surface area contributed by atoms with Gasteiger partial charge in [0.1, 0.15) is 0 Å². The Morgan fingerprint density at radius 2 is 1.92 bits per heavy atom. The average molecular weight is 364 g/mol. The first-order valence-electron chi connectivity index (χ1n) is 7.20. The molecule has 0 saturated heterocycles. The number of nitrogens with one attached hydrogen (secondary N) is 1. The number of hydrogen-bond acceptors (Lipinski definition) is 7. The lowest BCUT2D eigenvalue weighted by Crippen LogP contribution is -2.27. The van der Waals surface area contributed by atoms with E-state index in [0.717, 1.165) is 0 Å².